The number of carbonyl (C=O) groups is 1. The first-order chi connectivity index (χ1) is 14.2. The van der Waals surface area contributed by atoms with Crippen LogP contribution in [0, 0.1) is 0 Å². The van der Waals surface area contributed by atoms with Crippen LogP contribution >= 0.6 is 0 Å². The predicted molar refractivity (Wildman–Crippen MR) is 116 cm³/mol. The molecule has 2 aromatic carbocycles. The number of amides is 1. The van der Waals surface area contributed by atoms with Crippen LogP contribution in [0.3, 0.4) is 0 Å². The Bertz CT molecular complexity index is 811. The quantitative estimate of drug-likeness (QED) is 0.652. The van der Waals surface area contributed by atoms with Gasteiger partial charge in [-0.2, -0.15) is 0 Å². The van der Waals surface area contributed by atoms with Gasteiger partial charge in [0.25, 0.3) is 0 Å². The van der Waals surface area contributed by atoms with Crippen LogP contribution in [0.1, 0.15) is 36.9 Å². The number of likely N-dealkylation sites (tertiary alicyclic amines) is 1. The van der Waals surface area contributed by atoms with Gasteiger partial charge in [0.15, 0.2) is 0 Å². The summed E-state index contributed by atoms with van der Waals surface area (Å²) in [6.07, 6.45) is 5.78. The second kappa shape index (κ2) is 10.7. The third kappa shape index (κ3) is 5.84. The maximum absolute atomic E-state index is 12.4. The van der Waals surface area contributed by atoms with Crippen LogP contribution in [0.5, 0.6) is 11.5 Å². The van der Waals surface area contributed by atoms with E-state index in [1.807, 2.05) is 55.5 Å². The lowest BCUT2D eigenvalue weighted by Crippen LogP contribution is -2.36. The summed E-state index contributed by atoms with van der Waals surface area (Å²) in [6.45, 7) is 5.23. The highest BCUT2D eigenvalue weighted by Gasteiger charge is 2.25. The molecule has 0 bridgehead atoms. The maximum atomic E-state index is 12.4. The molecule has 1 atom stereocenters. The summed E-state index contributed by atoms with van der Waals surface area (Å²) in [6, 6.07) is 15.9. The molecule has 1 unspecified atom stereocenters. The fourth-order valence-electron chi connectivity index (χ4n) is 3.70. The lowest BCUT2D eigenvalue weighted by atomic mass is 10.0. The molecule has 1 fully saturated rings. The first-order valence-corrected chi connectivity index (χ1v) is 10.3. The second-order valence-electron chi connectivity index (χ2n) is 7.08. The summed E-state index contributed by atoms with van der Waals surface area (Å²) in [5, 5.41) is 3.06. The van der Waals surface area contributed by atoms with E-state index >= 15 is 0 Å². The molecule has 154 valence electrons. The molecule has 1 saturated heterocycles. The molecule has 1 amide bonds. The van der Waals surface area contributed by atoms with Crippen molar-refractivity contribution < 1.29 is 14.3 Å². The summed E-state index contributed by atoms with van der Waals surface area (Å²) >= 11 is 0. The van der Waals surface area contributed by atoms with Crippen molar-refractivity contribution in [1.29, 1.82) is 0 Å². The number of methoxy groups -OCH3 is 1. The van der Waals surface area contributed by atoms with Gasteiger partial charge in [0.05, 0.1) is 19.8 Å². The van der Waals surface area contributed by atoms with Crippen LogP contribution in [-0.2, 0) is 4.79 Å². The van der Waals surface area contributed by atoms with Crippen molar-refractivity contribution in [2.75, 3.05) is 33.4 Å². The van der Waals surface area contributed by atoms with E-state index in [0.717, 1.165) is 35.7 Å². The van der Waals surface area contributed by atoms with Crippen molar-refractivity contribution in [3.63, 3.8) is 0 Å². The number of ether oxygens (including phenoxy) is 2. The van der Waals surface area contributed by atoms with E-state index in [0.29, 0.717) is 13.2 Å². The molecule has 5 heteroatoms. The van der Waals surface area contributed by atoms with Gasteiger partial charge < -0.3 is 14.8 Å². The Morgan fingerprint density at radius 2 is 1.86 bits per heavy atom. The van der Waals surface area contributed by atoms with E-state index in [4.69, 9.17) is 9.47 Å². The Kier molecular flexibility index (Phi) is 7.70. The number of hydrogen-bond donors (Lipinski definition) is 1. The van der Waals surface area contributed by atoms with Crippen molar-refractivity contribution in [2.24, 2.45) is 0 Å². The van der Waals surface area contributed by atoms with Crippen LogP contribution in [-0.4, -0.2) is 44.2 Å². The molecule has 3 rings (SSSR count). The molecule has 29 heavy (non-hydrogen) atoms. The van der Waals surface area contributed by atoms with Crippen LogP contribution in [0.4, 0.5) is 0 Å². The van der Waals surface area contributed by atoms with Crippen LogP contribution < -0.4 is 14.8 Å². The molecule has 0 aromatic heterocycles. The van der Waals surface area contributed by atoms with E-state index in [1.165, 1.54) is 12.8 Å². The van der Waals surface area contributed by atoms with Crippen LogP contribution in [0.25, 0.3) is 6.08 Å². The number of hydrogen-bond acceptors (Lipinski definition) is 4. The van der Waals surface area contributed by atoms with E-state index in [-0.39, 0.29) is 11.9 Å². The van der Waals surface area contributed by atoms with E-state index in [2.05, 4.69) is 16.3 Å². The van der Waals surface area contributed by atoms with Crippen molar-refractivity contribution in [1.82, 2.24) is 10.2 Å². The van der Waals surface area contributed by atoms with Gasteiger partial charge in [-0.05, 0) is 62.7 Å². The SMILES string of the molecule is CCOc1ccc(/C=C/C(=O)NCC(c2ccccc2OC)N2CCCC2)cc1. The minimum atomic E-state index is -0.0991. The maximum Gasteiger partial charge on any atom is 0.244 e. The fourth-order valence-corrected chi connectivity index (χ4v) is 3.70. The zero-order valence-corrected chi connectivity index (χ0v) is 17.3. The van der Waals surface area contributed by atoms with Crippen molar-refractivity contribution >= 4 is 12.0 Å². The van der Waals surface area contributed by atoms with Gasteiger partial charge in [-0.25, -0.2) is 0 Å². The average Bonchev–Trinajstić information content (AvgIpc) is 3.28. The van der Waals surface area contributed by atoms with Gasteiger partial charge in [0.2, 0.25) is 5.91 Å². The molecule has 5 nitrogen and oxygen atoms in total. The summed E-state index contributed by atoms with van der Waals surface area (Å²) in [4.78, 5) is 14.8. The lowest BCUT2D eigenvalue weighted by Gasteiger charge is -2.29. The molecule has 1 aliphatic rings. The third-order valence-electron chi connectivity index (χ3n) is 5.17. The largest absolute Gasteiger partial charge is 0.496 e. The number of nitrogens with zero attached hydrogens (tertiary/aromatic N) is 1. The summed E-state index contributed by atoms with van der Waals surface area (Å²) in [5.41, 5.74) is 2.08. The smallest absolute Gasteiger partial charge is 0.244 e. The fraction of sp³-hybridized carbons (Fsp3) is 0.375. The Morgan fingerprint density at radius 1 is 1.14 bits per heavy atom. The number of rotatable bonds is 9. The average molecular weight is 395 g/mol. The first kappa shape index (κ1) is 20.9. The van der Waals surface area contributed by atoms with Crippen molar-refractivity contribution in [3.8, 4) is 11.5 Å². The summed E-state index contributed by atoms with van der Waals surface area (Å²) in [7, 11) is 1.69. The summed E-state index contributed by atoms with van der Waals surface area (Å²) in [5.74, 6) is 1.60. The van der Waals surface area contributed by atoms with Crippen LogP contribution in [0.2, 0.25) is 0 Å². The molecule has 2 aromatic rings. The van der Waals surface area contributed by atoms with Gasteiger partial charge in [-0.1, -0.05) is 30.3 Å². The van der Waals surface area contributed by atoms with Gasteiger partial charge in [0, 0.05) is 18.2 Å². The molecule has 1 heterocycles. The topological polar surface area (TPSA) is 50.8 Å². The summed E-state index contributed by atoms with van der Waals surface area (Å²) < 4.78 is 11.0. The molecule has 0 aliphatic carbocycles. The Balaban J connectivity index is 1.63. The predicted octanol–water partition coefficient (Wildman–Crippen LogP) is 4.06. The third-order valence-corrected chi connectivity index (χ3v) is 5.17. The highest BCUT2D eigenvalue weighted by molar-refractivity contribution is 5.91. The highest BCUT2D eigenvalue weighted by atomic mass is 16.5. The van der Waals surface area contributed by atoms with E-state index in [9.17, 15) is 4.79 Å². The number of carbonyl (C=O) groups excluding carboxylic acids is 1. The monoisotopic (exact) mass is 394 g/mol. The van der Waals surface area contributed by atoms with Gasteiger partial charge in [-0.15, -0.1) is 0 Å². The normalized spacial score (nSPS) is 15.4. The highest BCUT2D eigenvalue weighted by Crippen LogP contribution is 2.31. The molecule has 1 N–H and O–H groups in total. The molecule has 0 saturated carbocycles. The minimum absolute atomic E-state index is 0.0991. The zero-order valence-electron chi connectivity index (χ0n) is 17.3. The van der Waals surface area contributed by atoms with Gasteiger partial charge >= 0.3 is 0 Å². The number of para-hydroxylation sites is 1. The molecular formula is C24H30N2O3. The lowest BCUT2D eigenvalue weighted by molar-refractivity contribution is -0.116. The zero-order chi connectivity index (χ0) is 20.5. The van der Waals surface area contributed by atoms with Gasteiger partial charge in [0.1, 0.15) is 11.5 Å². The Labute approximate surface area is 173 Å². The first-order valence-electron chi connectivity index (χ1n) is 10.3. The Morgan fingerprint density at radius 3 is 2.55 bits per heavy atom. The van der Waals surface area contributed by atoms with Crippen molar-refractivity contribution in [2.45, 2.75) is 25.8 Å². The molecule has 1 aliphatic heterocycles. The second-order valence-corrected chi connectivity index (χ2v) is 7.08. The molecular weight excluding hydrogens is 364 g/mol. The Hall–Kier alpha value is -2.79. The van der Waals surface area contributed by atoms with Crippen molar-refractivity contribution in [3.05, 3.63) is 65.7 Å². The number of benzene rings is 2. The number of nitrogens with one attached hydrogen (secondary N) is 1. The van der Waals surface area contributed by atoms with E-state index < -0.39 is 0 Å². The minimum Gasteiger partial charge on any atom is -0.496 e. The van der Waals surface area contributed by atoms with Gasteiger partial charge in [-0.3, -0.25) is 9.69 Å². The van der Waals surface area contributed by atoms with Crippen LogP contribution in [0.15, 0.2) is 54.6 Å². The standard InChI is InChI=1S/C24H30N2O3/c1-3-29-20-13-10-19(11-14-20)12-15-24(27)25-18-22(26-16-6-7-17-26)21-8-4-5-9-23(21)28-2/h4-5,8-15,22H,3,6-7,16-18H2,1-2H3,(H,25,27)/b15-12+. The molecule has 0 radical (unpaired) electrons. The van der Waals surface area contributed by atoms with E-state index in [1.54, 1.807) is 13.2 Å². The molecule has 0 spiro atoms.